The monoisotopic (exact) mass is 207 g/mol. The normalized spacial score (nSPS) is 22.9. The molecule has 0 radical (unpaired) electrons. The first kappa shape index (κ1) is 10.5. The fraction of sp³-hybridized carbons (Fsp3) is 0.500. The van der Waals surface area contributed by atoms with Crippen LogP contribution in [-0.2, 0) is 11.2 Å². The van der Waals surface area contributed by atoms with Crippen LogP contribution in [0.5, 0.6) is 5.75 Å². The lowest BCUT2D eigenvalue weighted by atomic mass is 10.0. The van der Waals surface area contributed by atoms with Crippen molar-refractivity contribution in [3.05, 3.63) is 29.8 Å². The van der Waals surface area contributed by atoms with E-state index in [1.54, 1.807) is 12.1 Å². The Bertz CT molecular complexity index is 321. The van der Waals surface area contributed by atoms with Crippen LogP contribution in [0.15, 0.2) is 24.3 Å². The largest absolute Gasteiger partial charge is 0.508 e. The second-order valence-corrected chi connectivity index (χ2v) is 4.09. The summed E-state index contributed by atoms with van der Waals surface area (Å²) < 4.78 is 5.53. The van der Waals surface area contributed by atoms with Crippen LogP contribution in [-0.4, -0.2) is 23.9 Å². The summed E-state index contributed by atoms with van der Waals surface area (Å²) in [6.07, 6.45) is 3.12. The number of ether oxygens (including phenoxy) is 1. The molecular formula is C12H17NO2. The molecule has 2 atom stereocenters. The summed E-state index contributed by atoms with van der Waals surface area (Å²) in [4.78, 5) is 0. The van der Waals surface area contributed by atoms with Crippen LogP contribution in [0.3, 0.4) is 0 Å². The minimum absolute atomic E-state index is 0.0364. The molecule has 1 heterocycles. The lowest BCUT2D eigenvalue weighted by Gasteiger charge is -2.18. The van der Waals surface area contributed by atoms with Gasteiger partial charge in [0.2, 0.25) is 0 Å². The Labute approximate surface area is 89.9 Å². The summed E-state index contributed by atoms with van der Waals surface area (Å²) in [6.45, 7) is 0.832. The number of benzene rings is 1. The molecule has 1 aromatic rings. The maximum Gasteiger partial charge on any atom is 0.115 e. The van der Waals surface area contributed by atoms with Gasteiger partial charge in [-0.15, -0.1) is 0 Å². The van der Waals surface area contributed by atoms with Crippen molar-refractivity contribution in [3.63, 3.8) is 0 Å². The van der Waals surface area contributed by atoms with Crippen molar-refractivity contribution < 1.29 is 9.84 Å². The fourth-order valence-electron chi connectivity index (χ4n) is 2.03. The Kier molecular flexibility index (Phi) is 3.23. The van der Waals surface area contributed by atoms with Crippen LogP contribution in [0.2, 0.25) is 0 Å². The molecule has 0 spiro atoms. The minimum Gasteiger partial charge on any atom is -0.508 e. The highest BCUT2D eigenvalue weighted by Crippen LogP contribution is 2.18. The topological polar surface area (TPSA) is 55.5 Å². The zero-order valence-electron chi connectivity index (χ0n) is 8.73. The smallest absolute Gasteiger partial charge is 0.115 e. The third kappa shape index (κ3) is 2.70. The maximum atomic E-state index is 9.32. The summed E-state index contributed by atoms with van der Waals surface area (Å²) in [6, 6.07) is 7.28. The zero-order chi connectivity index (χ0) is 10.7. The Morgan fingerprint density at radius 3 is 3.07 bits per heavy atom. The van der Waals surface area contributed by atoms with Crippen molar-refractivity contribution in [1.82, 2.24) is 0 Å². The quantitative estimate of drug-likeness (QED) is 0.788. The average Bonchev–Trinajstić information content (AvgIpc) is 2.70. The first-order chi connectivity index (χ1) is 7.25. The molecule has 3 heteroatoms. The molecule has 0 aliphatic carbocycles. The van der Waals surface area contributed by atoms with Gasteiger partial charge in [-0.1, -0.05) is 12.1 Å². The van der Waals surface area contributed by atoms with Gasteiger partial charge >= 0.3 is 0 Å². The highest BCUT2D eigenvalue weighted by Gasteiger charge is 2.22. The first-order valence-corrected chi connectivity index (χ1v) is 5.41. The maximum absolute atomic E-state index is 9.32. The number of phenolic OH excluding ortho intramolecular Hbond substituents is 1. The van der Waals surface area contributed by atoms with E-state index in [2.05, 4.69) is 0 Å². The highest BCUT2D eigenvalue weighted by atomic mass is 16.5. The molecule has 2 unspecified atom stereocenters. The average molecular weight is 207 g/mol. The molecule has 3 nitrogen and oxygen atoms in total. The molecule has 1 aliphatic heterocycles. The van der Waals surface area contributed by atoms with Gasteiger partial charge in [0.15, 0.2) is 0 Å². The molecule has 1 aliphatic rings. The van der Waals surface area contributed by atoms with Crippen molar-refractivity contribution >= 4 is 0 Å². The van der Waals surface area contributed by atoms with E-state index in [1.807, 2.05) is 12.1 Å². The number of nitrogens with two attached hydrogens (primary N) is 1. The van der Waals surface area contributed by atoms with Crippen molar-refractivity contribution in [3.8, 4) is 5.75 Å². The summed E-state index contributed by atoms with van der Waals surface area (Å²) in [5, 5.41) is 9.32. The Hall–Kier alpha value is -1.06. The summed E-state index contributed by atoms with van der Waals surface area (Å²) in [7, 11) is 0. The van der Waals surface area contributed by atoms with Crippen molar-refractivity contribution in [2.45, 2.75) is 31.4 Å². The third-order valence-corrected chi connectivity index (χ3v) is 2.82. The standard InChI is InChI=1S/C12H17NO2/c13-11(12-5-2-6-15-12)8-9-3-1-4-10(14)7-9/h1,3-4,7,11-12,14H,2,5-6,8,13H2. The molecule has 3 N–H and O–H groups in total. The molecule has 15 heavy (non-hydrogen) atoms. The van der Waals surface area contributed by atoms with Gasteiger partial charge in [-0.3, -0.25) is 0 Å². The lowest BCUT2D eigenvalue weighted by molar-refractivity contribution is 0.0900. The van der Waals surface area contributed by atoms with Gasteiger partial charge in [-0.2, -0.15) is 0 Å². The van der Waals surface area contributed by atoms with E-state index in [0.717, 1.165) is 31.4 Å². The summed E-state index contributed by atoms with van der Waals surface area (Å²) >= 11 is 0. The Morgan fingerprint density at radius 1 is 1.53 bits per heavy atom. The van der Waals surface area contributed by atoms with Crippen LogP contribution in [0.4, 0.5) is 0 Å². The van der Waals surface area contributed by atoms with E-state index in [-0.39, 0.29) is 12.1 Å². The van der Waals surface area contributed by atoms with Gasteiger partial charge in [0.25, 0.3) is 0 Å². The van der Waals surface area contributed by atoms with Gasteiger partial charge in [-0.25, -0.2) is 0 Å². The second kappa shape index (κ2) is 4.64. The molecule has 1 aromatic carbocycles. The second-order valence-electron chi connectivity index (χ2n) is 4.09. The van der Waals surface area contributed by atoms with Gasteiger partial charge in [0.1, 0.15) is 5.75 Å². The minimum atomic E-state index is 0.0364. The summed E-state index contributed by atoms with van der Waals surface area (Å²) in [5.74, 6) is 0.298. The van der Waals surface area contributed by atoms with Gasteiger partial charge < -0.3 is 15.6 Å². The van der Waals surface area contributed by atoms with Crippen molar-refractivity contribution in [1.29, 1.82) is 0 Å². The Morgan fingerprint density at radius 2 is 2.40 bits per heavy atom. The number of aromatic hydroxyl groups is 1. The van der Waals surface area contributed by atoms with E-state index in [9.17, 15) is 5.11 Å². The van der Waals surface area contributed by atoms with E-state index in [1.165, 1.54) is 0 Å². The molecule has 0 aromatic heterocycles. The molecule has 82 valence electrons. The molecule has 1 fully saturated rings. The zero-order valence-corrected chi connectivity index (χ0v) is 8.73. The predicted octanol–water partition coefficient (Wildman–Crippen LogP) is 1.44. The molecule has 0 amide bonds. The number of phenols is 1. The van der Waals surface area contributed by atoms with Crippen molar-refractivity contribution in [2.24, 2.45) is 5.73 Å². The molecule has 2 rings (SSSR count). The van der Waals surface area contributed by atoms with Gasteiger partial charge in [0, 0.05) is 12.6 Å². The van der Waals surface area contributed by atoms with Crippen LogP contribution in [0.1, 0.15) is 18.4 Å². The molecule has 1 saturated heterocycles. The molecular weight excluding hydrogens is 190 g/mol. The Balaban J connectivity index is 1.95. The van der Waals surface area contributed by atoms with E-state index < -0.39 is 0 Å². The lowest BCUT2D eigenvalue weighted by Crippen LogP contribution is -2.36. The van der Waals surface area contributed by atoms with Gasteiger partial charge in [0.05, 0.1) is 6.10 Å². The predicted molar refractivity (Wildman–Crippen MR) is 58.8 cm³/mol. The van der Waals surface area contributed by atoms with Crippen LogP contribution < -0.4 is 5.73 Å². The summed E-state index contributed by atoms with van der Waals surface area (Å²) in [5.41, 5.74) is 7.12. The van der Waals surface area contributed by atoms with Crippen LogP contribution in [0, 0.1) is 0 Å². The van der Waals surface area contributed by atoms with E-state index in [0.29, 0.717) is 5.75 Å². The van der Waals surface area contributed by atoms with Crippen LogP contribution in [0.25, 0.3) is 0 Å². The molecule has 0 saturated carbocycles. The highest BCUT2D eigenvalue weighted by molar-refractivity contribution is 5.27. The van der Waals surface area contributed by atoms with Crippen LogP contribution >= 0.6 is 0 Å². The SMILES string of the molecule is NC(Cc1cccc(O)c1)C1CCCO1. The fourth-order valence-corrected chi connectivity index (χ4v) is 2.03. The van der Waals surface area contributed by atoms with Crippen molar-refractivity contribution in [2.75, 3.05) is 6.61 Å². The number of hydrogen-bond donors (Lipinski definition) is 2. The number of rotatable bonds is 3. The van der Waals surface area contributed by atoms with E-state index in [4.69, 9.17) is 10.5 Å². The number of hydrogen-bond acceptors (Lipinski definition) is 3. The first-order valence-electron chi connectivity index (χ1n) is 5.41. The van der Waals surface area contributed by atoms with Gasteiger partial charge in [-0.05, 0) is 37.0 Å². The third-order valence-electron chi connectivity index (χ3n) is 2.82. The van der Waals surface area contributed by atoms with E-state index >= 15 is 0 Å². The molecule has 0 bridgehead atoms.